The maximum Gasteiger partial charge on any atom is 0.270 e. The molecule has 2 N–H and O–H groups in total. The maximum absolute atomic E-state index is 13.6. The van der Waals surface area contributed by atoms with Gasteiger partial charge in [-0.3, -0.25) is 29.8 Å². The van der Waals surface area contributed by atoms with Crippen LogP contribution in [-0.2, 0) is 4.79 Å². The van der Waals surface area contributed by atoms with E-state index in [1.54, 1.807) is 41.8 Å². The van der Waals surface area contributed by atoms with Crippen LogP contribution < -0.4 is 10.6 Å². The minimum Gasteiger partial charge on any atom is -0.322 e. The van der Waals surface area contributed by atoms with Crippen molar-refractivity contribution in [2.75, 3.05) is 10.6 Å². The molecule has 1 heterocycles. The van der Waals surface area contributed by atoms with Gasteiger partial charge in [-0.2, -0.15) is 0 Å². The SMILES string of the molecule is O=C(Nc1cccc(SC(C(=O)Nc2nc(-c3cccc([N+](=O)[O-])c3)cs2)c2ccccc2)c1)c1cccc([N+](=O)[O-])c1. The molecule has 1 atom stereocenters. The van der Waals surface area contributed by atoms with Gasteiger partial charge in [0.1, 0.15) is 5.25 Å². The van der Waals surface area contributed by atoms with Crippen molar-refractivity contribution in [2.45, 2.75) is 10.1 Å². The Labute approximate surface area is 252 Å². The molecule has 5 rings (SSSR count). The Hall–Kier alpha value is -5.40. The van der Waals surface area contributed by atoms with Gasteiger partial charge in [0.25, 0.3) is 17.3 Å². The zero-order valence-electron chi connectivity index (χ0n) is 22.1. The molecule has 13 heteroatoms. The maximum atomic E-state index is 13.6. The number of benzene rings is 4. The second-order valence-electron chi connectivity index (χ2n) is 9.03. The Kier molecular flexibility index (Phi) is 8.84. The average Bonchev–Trinajstić information content (AvgIpc) is 3.49. The van der Waals surface area contributed by atoms with Crippen LogP contribution in [0, 0.1) is 20.2 Å². The Balaban J connectivity index is 1.33. The fraction of sp³-hybridized carbons (Fsp3) is 0.0333. The summed E-state index contributed by atoms with van der Waals surface area (Å²) in [5.41, 5.74) is 2.15. The lowest BCUT2D eigenvalue weighted by Gasteiger charge is -2.17. The summed E-state index contributed by atoms with van der Waals surface area (Å²) in [4.78, 5) is 52.7. The van der Waals surface area contributed by atoms with Crippen molar-refractivity contribution in [3.8, 4) is 11.3 Å². The Morgan fingerprint density at radius 1 is 0.791 bits per heavy atom. The molecule has 0 radical (unpaired) electrons. The minimum atomic E-state index is -0.686. The van der Waals surface area contributed by atoms with Gasteiger partial charge in [0.15, 0.2) is 5.13 Å². The van der Waals surface area contributed by atoms with E-state index in [9.17, 15) is 29.8 Å². The van der Waals surface area contributed by atoms with Crippen molar-refractivity contribution in [3.63, 3.8) is 0 Å². The first-order valence-electron chi connectivity index (χ1n) is 12.7. The monoisotopic (exact) mass is 611 g/mol. The highest BCUT2D eigenvalue weighted by Gasteiger charge is 2.24. The molecule has 0 saturated carbocycles. The van der Waals surface area contributed by atoms with Crippen molar-refractivity contribution < 1.29 is 19.4 Å². The predicted octanol–water partition coefficient (Wildman–Crippen LogP) is 7.35. The smallest absolute Gasteiger partial charge is 0.270 e. The molecule has 11 nitrogen and oxygen atoms in total. The first kappa shape index (κ1) is 29.1. The largest absolute Gasteiger partial charge is 0.322 e. The Bertz CT molecular complexity index is 1830. The molecular formula is C30H21N5O6S2. The lowest BCUT2D eigenvalue weighted by molar-refractivity contribution is -0.385. The van der Waals surface area contributed by atoms with Crippen LogP contribution in [0.25, 0.3) is 11.3 Å². The van der Waals surface area contributed by atoms with E-state index in [1.807, 2.05) is 30.3 Å². The summed E-state index contributed by atoms with van der Waals surface area (Å²) >= 11 is 2.47. The predicted molar refractivity (Wildman–Crippen MR) is 165 cm³/mol. The summed E-state index contributed by atoms with van der Waals surface area (Å²) in [6, 6.07) is 27.7. The fourth-order valence-corrected chi connectivity index (χ4v) is 5.87. The van der Waals surface area contributed by atoms with E-state index >= 15 is 0 Å². The molecule has 214 valence electrons. The number of thioether (sulfide) groups is 1. The lowest BCUT2D eigenvalue weighted by Crippen LogP contribution is -2.19. The zero-order chi connectivity index (χ0) is 30.3. The number of hydrogen-bond donors (Lipinski definition) is 2. The van der Waals surface area contributed by atoms with Gasteiger partial charge < -0.3 is 10.6 Å². The van der Waals surface area contributed by atoms with Crippen LogP contribution in [0.2, 0.25) is 0 Å². The molecule has 0 aliphatic heterocycles. The van der Waals surface area contributed by atoms with Crippen LogP contribution in [0.5, 0.6) is 0 Å². The number of nitro groups is 2. The van der Waals surface area contributed by atoms with Gasteiger partial charge in [-0.25, -0.2) is 4.98 Å². The second-order valence-corrected chi connectivity index (χ2v) is 11.1. The van der Waals surface area contributed by atoms with E-state index in [1.165, 1.54) is 59.5 Å². The number of nitrogens with one attached hydrogen (secondary N) is 2. The van der Waals surface area contributed by atoms with Crippen LogP contribution in [0.3, 0.4) is 0 Å². The number of thiazole rings is 1. The number of carbonyl (C=O) groups is 2. The number of nitro benzene ring substituents is 2. The summed E-state index contributed by atoms with van der Waals surface area (Å²) in [5, 5.41) is 29.2. The van der Waals surface area contributed by atoms with Crippen molar-refractivity contribution >= 4 is 57.1 Å². The molecule has 0 saturated heterocycles. The highest BCUT2D eigenvalue weighted by molar-refractivity contribution is 8.00. The summed E-state index contributed by atoms with van der Waals surface area (Å²) in [7, 11) is 0. The van der Waals surface area contributed by atoms with E-state index in [0.717, 1.165) is 5.56 Å². The third-order valence-corrected chi connectivity index (χ3v) is 8.10. The number of carbonyl (C=O) groups excluding carboxylic acids is 2. The number of aromatic nitrogens is 1. The van der Waals surface area contributed by atoms with Gasteiger partial charge in [-0.1, -0.05) is 54.6 Å². The summed E-state index contributed by atoms with van der Waals surface area (Å²) < 4.78 is 0. The van der Waals surface area contributed by atoms with E-state index in [-0.39, 0.29) is 22.8 Å². The highest BCUT2D eigenvalue weighted by Crippen LogP contribution is 2.38. The normalized spacial score (nSPS) is 11.3. The highest BCUT2D eigenvalue weighted by atomic mass is 32.2. The first-order chi connectivity index (χ1) is 20.8. The van der Waals surface area contributed by atoms with E-state index < -0.39 is 21.0 Å². The minimum absolute atomic E-state index is 0.0554. The topological polar surface area (TPSA) is 157 Å². The van der Waals surface area contributed by atoms with Crippen molar-refractivity contribution in [1.82, 2.24) is 4.98 Å². The summed E-state index contributed by atoms with van der Waals surface area (Å²) in [5.74, 6) is -0.839. The van der Waals surface area contributed by atoms with E-state index in [2.05, 4.69) is 15.6 Å². The number of amides is 2. The molecule has 1 unspecified atom stereocenters. The lowest BCUT2D eigenvalue weighted by atomic mass is 10.1. The number of hydrogen-bond acceptors (Lipinski definition) is 9. The molecule has 0 aliphatic carbocycles. The first-order valence-corrected chi connectivity index (χ1v) is 14.4. The van der Waals surface area contributed by atoms with Gasteiger partial charge >= 0.3 is 0 Å². The number of rotatable bonds is 10. The van der Waals surface area contributed by atoms with Crippen molar-refractivity contribution in [3.05, 3.63) is 140 Å². The average molecular weight is 612 g/mol. The molecule has 0 bridgehead atoms. The molecule has 0 fully saturated rings. The Morgan fingerprint density at radius 2 is 1.49 bits per heavy atom. The third-order valence-electron chi connectivity index (χ3n) is 6.09. The molecule has 43 heavy (non-hydrogen) atoms. The molecule has 1 aromatic heterocycles. The number of nitrogens with zero attached hydrogens (tertiary/aromatic N) is 3. The molecular weight excluding hydrogens is 590 g/mol. The van der Waals surface area contributed by atoms with Gasteiger partial charge in [0.05, 0.1) is 15.5 Å². The van der Waals surface area contributed by atoms with Crippen molar-refractivity contribution in [2.24, 2.45) is 0 Å². The fourth-order valence-electron chi connectivity index (χ4n) is 4.06. The molecule has 0 spiro atoms. The second kappa shape index (κ2) is 13.1. The number of anilines is 2. The quantitative estimate of drug-likeness (QED) is 0.0942. The van der Waals surface area contributed by atoms with Crippen LogP contribution in [0.15, 0.2) is 113 Å². The van der Waals surface area contributed by atoms with Crippen LogP contribution >= 0.6 is 23.1 Å². The standard InChI is InChI=1S/C30H21N5O6S2/c36-28(21-10-5-13-24(16-21)35(40)41)31-22-11-6-14-25(17-22)43-27(19-7-2-1-3-8-19)29(37)33-30-32-26(18-42-30)20-9-4-12-23(15-20)34(38)39/h1-18,27H,(H,31,36)(H,32,33,37). The molecule has 2 amide bonds. The summed E-state index contributed by atoms with van der Waals surface area (Å²) in [6.45, 7) is 0. The Morgan fingerprint density at radius 3 is 2.23 bits per heavy atom. The summed E-state index contributed by atoms with van der Waals surface area (Å²) in [6.07, 6.45) is 0. The van der Waals surface area contributed by atoms with Crippen LogP contribution in [0.1, 0.15) is 21.2 Å². The third kappa shape index (κ3) is 7.28. The van der Waals surface area contributed by atoms with Gasteiger partial charge in [-0.15, -0.1) is 23.1 Å². The van der Waals surface area contributed by atoms with Crippen LogP contribution in [-0.4, -0.2) is 26.6 Å². The number of non-ortho nitro benzene ring substituents is 2. The van der Waals surface area contributed by atoms with Gasteiger partial charge in [0, 0.05) is 51.4 Å². The molecule has 0 aliphatic rings. The van der Waals surface area contributed by atoms with Crippen LogP contribution in [0.4, 0.5) is 22.2 Å². The van der Waals surface area contributed by atoms with E-state index in [0.29, 0.717) is 27.0 Å². The molecule has 4 aromatic carbocycles. The van der Waals surface area contributed by atoms with Gasteiger partial charge in [-0.05, 0) is 29.8 Å². The zero-order valence-corrected chi connectivity index (χ0v) is 23.7. The van der Waals surface area contributed by atoms with Gasteiger partial charge in [0.2, 0.25) is 5.91 Å². The van der Waals surface area contributed by atoms with E-state index in [4.69, 9.17) is 0 Å². The molecule has 5 aromatic rings. The van der Waals surface area contributed by atoms with Crippen molar-refractivity contribution in [1.29, 1.82) is 0 Å².